The summed E-state index contributed by atoms with van der Waals surface area (Å²) >= 11 is 3.05. The van der Waals surface area contributed by atoms with Crippen molar-refractivity contribution in [3.05, 3.63) is 57.8 Å². The minimum Gasteiger partial charge on any atom is -0.496 e. The van der Waals surface area contributed by atoms with Crippen LogP contribution in [0.5, 0.6) is 5.75 Å². The molecule has 2 aromatic rings. The summed E-state index contributed by atoms with van der Waals surface area (Å²) in [6, 6.07) is 8.90. The fourth-order valence-electron chi connectivity index (χ4n) is 1.70. The van der Waals surface area contributed by atoms with Crippen LogP contribution in [0.15, 0.2) is 40.9 Å². The van der Waals surface area contributed by atoms with Crippen LogP contribution in [0.4, 0.5) is 10.1 Å². The number of halogens is 2. The normalized spacial score (nSPS) is 10.3. The van der Waals surface area contributed by atoms with Crippen molar-refractivity contribution >= 4 is 27.4 Å². The van der Waals surface area contributed by atoms with Crippen molar-refractivity contribution < 1.29 is 13.9 Å². The van der Waals surface area contributed by atoms with Crippen molar-refractivity contribution in [3.8, 4) is 5.75 Å². The van der Waals surface area contributed by atoms with Crippen LogP contribution in [0, 0.1) is 5.82 Å². The highest BCUT2D eigenvalue weighted by molar-refractivity contribution is 9.10. The van der Waals surface area contributed by atoms with Gasteiger partial charge < -0.3 is 10.5 Å². The monoisotopic (exact) mass is 323 g/mol. The van der Waals surface area contributed by atoms with Gasteiger partial charge in [0.1, 0.15) is 11.6 Å². The van der Waals surface area contributed by atoms with E-state index in [1.807, 2.05) is 0 Å². The standard InChI is InChI=1S/C14H11BrFNO2/c1-19-13-5-3-9(17)7-10(13)14(18)8-2-4-12(16)11(15)6-8/h2-7H,17H2,1H3. The lowest BCUT2D eigenvalue weighted by Crippen LogP contribution is -2.05. The molecule has 0 saturated heterocycles. The smallest absolute Gasteiger partial charge is 0.196 e. The van der Waals surface area contributed by atoms with E-state index in [0.717, 1.165) is 0 Å². The second kappa shape index (κ2) is 5.40. The van der Waals surface area contributed by atoms with Crippen LogP contribution in [0.25, 0.3) is 0 Å². The Morgan fingerprint density at radius 1 is 1.26 bits per heavy atom. The maximum absolute atomic E-state index is 13.2. The first kappa shape index (κ1) is 13.5. The molecule has 19 heavy (non-hydrogen) atoms. The maximum Gasteiger partial charge on any atom is 0.196 e. The average Bonchev–Trinajstić information content (AvgIpc) is 2.41. The number of rotatable bonds is 3. The number of ether oxygens (including phenoxy) is 1. The van der Waals surface area contributed by atoms with Crippen molar-refractivity contribution in [2.45, 2.75) is 0 Å². The van der Waals surface area contributed by atoms with Gasteiger partial charge in [-0.2, -0.15) is 0 Å². The van der Waals surface area contributed by atoms with Gasteiger partial charge in [-0.15, -0.1) is 0 Å². The molecular weight excluding hydrogens is 313 g/mol. The summed E-state index contributed by atoms with van der Waals surface area (Å²) in [5.74, 6) is -0.263. The molecule has 0 radical (unpaired) electrons. The van der Waals surface area contributed by atoms with Crippen LogP contribution in [0.1, 0.15) is 15.9 Å². The van der Waals surface area contributed by atoms with Gasteiger partial charge >= 0.3 is 0 Å². The van der Waals surface area contributed by atoms with E-state index in [-0.39, 0.29) is 10.3 Å². The van der Waals surface area contributed by atoms with Gasteiger partial charge in [0, 0.05) is 11.3 Å². The second-order valence-corrected chi connectivity index (χ2v) is 4.77. The van der Waals surface area contributed by atoms with E-state index in [0.29, 0.717) is 22.6 Å². The Labute approximate surface area is 118 Å². The zero-order chi connectivity index (χ0) is 14.0. The number of carbonyl (C=O) groups excluding carboxylic acids is 1. The third kappa shape index (κ3) is 2.76. The van der Waals surface area contributed by atoms with E-state index in [1.165, 1.54) is 25.3 Å². The first-order valence-electron chi connectivity index (χ1n) is 5.46. The Morgan fingerprint density at radius 3 is 2.63 bits per heavy atom. The molecule has 2 N–H and O–H groups in total. The number of nitrogen functional groups attached to an aromatic ring is 1. The number of anilines is 1. The molecule has 0 unspecified atom stereocenters. The van der Waals surface area contributed by atoms with Crippen molar-refractivity contribution in [1.82, 2.24) is 0 Å². The summed E-state index contributed by atoms with van der Waals surface area (Å²) < 4.78 is 18.5. The SMILES string of the molecule is COc1ccc(N)cc1C(=O)c1ccc(F)c(Br)c1. The van der Waals surface area contributed by atoms with Crippen molar-refractivity contribution in [2.24, 2.45) is 0 Å². The van der Waals surface area contributed by atoms with Crippen LogP contribution in [-0.4, -0.2) is 12.9 Å². The lowest BCUT2D eigenvalue weighted by atomic mass is 10.0. The van der Waals surface area contributed by atoms with E-state index in [1.54, 1.807) is 18.2 Å². The number of benzene rings is 2. The van der Waals surface area contributed by atoms with Gasteiger partial charge in [-0.3, -0.25) is 4.79 Å². The molecule has 0 aliphatic rings. The van der Waals surface area contributed by atoms with Gasteiger partial charge in [-0.1, -0.05) is 0 Å². The molecule has 2 rings (SSSR count). The summed E-state index contributed by atoms with van der Waals surface area (Å²) in [7, 11) is 1.48. The average molecular weight is 324 g/mol. The largest absolute Gasteiger partial charge is 0.496 e. The lowest BCUT2D eigenvalue weighted by molar-refractivity contribution is 0.103. The molecule has 0 spiro atoms. The summed E-state index contributed by atoms with van der Waals surface area (Å²) in [5.41, 5.74) is 6.84. The summed E-state index contributed by atoms with van der Waals surface area (Å²) in [6.45, 7) is 0. The molecule has 0 aliphatic carbocycles. The van der Waals surface area contributed by atoms with Gasteiger partial charge in [0.05, 0.1) is 17.1 Å². The Balaban J connectivity index is 2.49. The highest BCUT2D eigenvalue weighted by Gasteiger charge is 2.16. The van der Waals surface area contributed by atoms with Gasteiger partial charge in [0.25, 0.3) is 0 Å². The maximum atomic E-state index is 13.2. The third-order valence-electron chi connectivity index (χ3n) is 2.65. The zero-order valence-electron chi connectivity index (χ0n) is 10.1. The molecule has 0 saturated carbocycles. The minimum atomic E-state index is -0.420. The molecule has 5 heteroatoms. The van der Waals surface area contributed by atoms with E-state index in [9.17, 15) is 9.18 Å². The molecule has 0 amide bonds. The van der Waals surface area contributed by atoms with Crippen molar-refractivity contribution in [3.63, 3.8) is 0 Å². The Bertz CT molecular complexity index is 643. The number of carbonyl (C=O) groups is 1. The van der Waals surface area contributed by atoms with Crippen molar-refractivity contribution in [2.75, 3.05) is 12.8 Å². The van der Waals surface area contributed by atoms with E-state index < -0.39 is 5.82 Å². The van der Waals surface area contributed by atoms with E-state index in [4.69, 9.17) is 10.5 Å². The molecule has 2 aromatic carbocycles. The van der Waals surface area contributed by atoms with Crippen LogP contribution in [-0.2, 0) is 0 Å². The molecule has 0 heterocycles. The first-order valence-corrected chi connectivity index (χ1v) is 6.25. The van der Waals surface area contributed by atoms with Crippen LogP contribution >= 0.6 is 15.9 Å². The number of methoxy groups -OCH3 is 1. The predicted octanol–water partition coefficient (Wildman–Crippen LogP) is 3.41. The van der Waals surface area contributed by atoms with Crippen molar-refractivity contribution in [1.29, 1.82) is 0 Å². The third-order valence-corrected chi connectivity index (χ3v) is 3.26. The number of ketones is 1. The highest BCUT2D eigenvalue weighted by atomic mass is 79.9. The van der Waals surface area contributed by atoms with Gasteiger partial charge in [0.15, 0.2) is 5.78 Å². The molecule has 0 bridgehead atoms. The fourth-order valence-corrected chi connectivity index (χ4v) is 2.07. The molecule has 98 valence electrons. The Morgan fingerprint density at radius 2 is 2.00 bits per heavy atom. The number of nitrogens with two attached hydrogens (primary N) is 1. The molecule has 3 nitrogen and oxygen atoms in total. The van der Waals surface area contributed by atoms with E-state index >= 15 is 0 Å². The quantitative estimate of drug-likeness (QED) is 0.695. The van der Waals surface area contributed by atoms with Gasteiger partial charge in [-0.05, 0) is 52.3 Å². The Hall–Kier alpha value is -1.88. The zero-order valence-corrected chi connectivity index (χ0v) is 11.7. The van der Waals surface area contributed by atoms with Crippen LogP contribution < -0.4 is 10.5 Å². The van der Waals surface area contributed by atoms with Gasteiger partial charge in [-0.25, -0.2) is 4.39 Å². The van der Waals surface area contributed by atoms with Crippen LogP contribution in [0.3, 0.4) is 0 Å². The summed E-state index contributed by atoms with van der Waals surface area (Å²) in [5, 5.41) is 0. The topological polar surface area (TPSA) is 52.3 Å². The lowest BCUT2D eigenvalue weighted by Gasteiger charge is -2.09. The number of hydrogen-bond donors (Lipinski definition) is 1. The number of hydrogen-bond acceptors (Lipinski definition) is 3. The first-order chi connectivity index (χ1) is 9.02. The molecule has 0 fully saturated rings. The summed E-state index contributed by atoms with van der Waals surface area (Å²) in [6.07, 6.45) is 0. The van der Waals surface area contributed by atoms with Gasteiger partial charge in [0.2, 0.25) is 0 Å². The second-order valence-electron chi connectivity index (χ2n) is 3.92. The molecule has 0 aromatic heterocycles. The minimum absolute atomic E-state index is 0.237. The molecular formula is C14H11BrFNO2. The molecule has 0 aliphatic heterocycles. The predicted molar refractivity (Wildman–Crippen MR) is 74.9 cm³/mol. The van der Waals surface area contributed by atoms with E-state index in [2.05, 4.69) is 15.9 Å². The van der Waals surface area contributed by atoms with Crippen LogP contribution in [0.2, 0.25) is 0 Å². The fraction of sp³-hybridized carbons (Fsp3) is 0.0714. The molecule has 0 atom stereocenters. The Kier molecular flexibility index (Phi) is 3.85. The highest BCUT2D eigenvalue weighted by Crippen LogP contribution is 2.25. The summed E-state index contributed by atoms with van der Waals surface area (Å²) in [4.78, 5) is 12.4.